The van der Waals surface area contributed by atoms with Crippen LogP contribution >= 0.6 is 40.7 Å². The molecular formula is C12H20BrCl2N3. The molecule has 0 amide bonds. The zero-order chi connectivity index (χ0) is 11.4. The van der Waals surface area contributed by atoms with Gasteiger partial charge in [-0.25, -0.2) is 4.98 Å². The van der Waals surface area contributed by atoms with Gasteiger partial charge in [0.1, 0.15) is 4.60 Å². The first-order valence-electron chi connectivity index (χ1n) is 5.88. The van der Waals surface area contributed by atoms with E-state index in [2.05, 4.69) is 50.2 Å². The second kappa shape index (κ2) is 9.10. The van der Waals surface area contributed by atoms with Gasteiger partial charge in [-0.2, -0.15) is 0 Å². The smallest absolute Gasteiger partial charge is 0.106 e. The first kappa shape index (κ1) is 18.1. The van der Waals surface area contributed by atoms with E-state index in [4.69, 9.17) is 0 Å². The van der Waals surface area contributed by atoms with Crippen molar-refractivity contribution in [3.63, 3.8) is 0 Å². The zero-order valence-electron chi connectivity index (χ0n) is 10.4. The molecule has 0 saturated carbocycles. The van der Waals surface area contributed by atoms with Gasteiger partial charge in [-0.05, 0) is 34.5 Å². The molecule has 1 aliphatic rings. The number of aromatic nitrogens is 1. The Morgan fingerprint density at radius 1 is 1.33 bits per heavy atom. The standard InChI is InChI=1S/C12H18BrN3.2ClH/c1-2-11(16-8-6-14-7-9-16)10-4-3-5-12(13)15-10;;/h3-5,11,14H,2,6-9H2,1H3;2*1H/t11-;;/m1../s1. The van der Waals surface area contributed by atoms with Gasteiger partial charge in [-0.1, -0.05) is 13.0 Å². The molecule has 3 nitrogen and oxygen atoms in total. The highest BCUT2D eigenvalue weighted by atomic mass is 79.9. The lowest BCUT2D eigenvalue weighted by atomic mass is 10.1. The molecule has 0 bridgehead atoms. The third-order valence-corrected chi connectivity index (χ3v) is 3.50. The van der Waals surface area contributed by atoms with E-state index in [0.717, 1.165) is 37.2 Å². The van der Waals surface area contributed by atoms with Gasteiger partial charge in [0.25, 0.3) is 0 Å². The summed E-state index contributed by atoms with van der Waals surface area (Å²) in [5.41, 5.74) is 1.18. The van der Waals surface area contributed by atoms with Crippen LogP contribution in [0.2, 0.25) is 0 Å². The van der Waals surface area contributed by atoms with Crippen molar-refractivity contribution in [1.82, 2.24) is 15.2 Å². The summed E-state index contributed by atoms with van der Waals surface area (Å²) in [6, 6.07) is 6.63. The second-order valence-electron chi connectivity index (χ2n) is 4.10. The summed E-state index contributed by atoms with van der Waals surface area (Å²) >= 11 is 3.44. The van der Waals surface area contributed by atoms with Crippen LogP contribution in [0.3, 0.4) is 0 Å². The number of hydrogen-bond acceptors (Lipinski definition) is 3. The molecule has 0 aliphatic carbocycles. The number of nitrogens with zero attached hydrogens (tertiary/aromatic N) is 2. The van der Waals surface area contributed by atoms with Gasteiger partial charge in [-0.3, -0.25) is 4.90 Å². The van der Waals surface area contributed by atoms with Crippen molar-refractivity contribution < 1.29 is 0 Å². The van der Waals surface area contributed by atoms with Gasteiger partial charge in [0.2, 0.25) is 0 Å². The fraction of sp³-hybridized carbons (Fsp3) is 0.583. The summed E-state index contributed by atoms with van der Waals surface area (Å²) in [5.74, 6) is 0. The van der Waals surface area contributed by atoms with E-state index < -0.39 is 0 Å². The van der Waals surface area contributed by atoms with Gasteiger partial charge >= 0.3 is 0 Å². The molecule has 1 N–H and O–H groups in total. The van der Waals surface area contributed by atoms with Crippen LogP contribution in [-0.4, -0.2) is 36.1 Å². The van der Waals surface area contributed by atoms with Gasteiger partial charge in [0.15, 0.2) is 0 Å². The fourth-order valence-electron chi connectivity index (χ4n) is 2.26. The molecular weight excluding hydrogens is 337 g/mol. The van der Waals surface area contributed by atoms with Crippen LogP contribution in [0.4, 0.5) is 0 Å². The van der Waals surface area contributed by atoms with E-state index >= 15 is 0 Å². The Hall–Kier alpha value is 0.130. The molecule has 0 radical (unpaired) electrons. The van der Waals surface area contributed by atoms with Crippen LogP contribution in [0.5, 0.6) is 0 Å². The van der Waals surface area contributed by atoms with Crippen molar-refractivity contribution in [2.75, 3.05) is 26.2 Å². The van der Waals surface area contributed by atoms with Crippen LogP contribution in [0.1, 0.15) is 25.1 Å². The molecule has 0 aromatic carbocycles. The lowest BCUT2D eigenvalue weighted by Crippen LogP contribution is -2.45. The molecule has 1 saturated heterocycles. The molecule has 0 spiro atoms. The Balaban J connectivity index is 0.00000144. The molecule has 104 valence electrons. The average Bonchev–Trinajstić information content (AvgIpc) is 2.31. The van der Waals surface area contributed by atoms with Crippen molar-refractivity contribution in [2.45, 2.75) is 19.4 Å². The molecule has 1 aromatic rings. The van der Waals surface area contributed by atoms with Crippen LogP contribution in [0.15, 0.2) is 22.8 Å². The third kappa shape index (κ3) is 4.67. The summed E-state index contributed by atoms with van der Waals surface area (Å²) in [4.78, 5) is 7.09. The number of piperazine rings is 1. The monoisotopic (exact) mass is 355 g/mol. The predicted octanol–water partition coefficient (Wildman–Crippen LogP) is 3.04. The maximum absolute atomic E-state index is 4.57. The quantitative estimate of drug-likeness (QED) is 0.843. The van der Waals surface area contributed by atoms with E-state index in [0.29, 0.717) is 6.04 Å². The van der Waals surface area contributed by atoms with Gasteiger partial charge < -0.3 is 5.32 Å². The van der Waals surface area contributed by atoms with Crippen molar-refractivity contribution in [3.8, 4) is 0 Å². The van der Waals surface area contributed by atoms with Crippen molar-refractivity contribution in [3.05, 3.63) is 28.5 Å². The lowest BCUT2D eigenvalue weighted by molar-refractivity contribution is 0.166. The summed E-state index contributed by atoms with van der Waals surface area (Å²) in [6.45, 7) is 6.64. The van der Waals surface area contributed by atoms with Gasteiger partial charge in [0.05, 0.1) is 11.7 Å². The molecule has 6 heteroatoms. The highest BCUT2D eigenvalue weighted by Crippen LogP contribution is 2.23. The van der Waals surface area contributed by atoms with E-state index in [1.165, 1.54) is 5.69 Å². The van der Waals surface area contributed by atoms with E-state index in [-0.39, 0.29) is 24.8 Å². The highest BCUT2D eigenvalue weighted by Gasteiger charge is 2.21. The second-order valence-corrected chi connectivity index (χ2v) is 4.91. The molecule has 1 aliphatic heterocycles. The third-order valence-electron chi connectivity index (χ3n) is 3.06. The van der Waals surface area contributed by atoms with Gasteiger partial charge in [0, 0.05) is 26.2 Å². The van der Waals surface area contributed by atoms with E-state index in [1.807, 2.05) is 6.07 Å². The zero-order valence-corrected chi connectivity index (χ0v) is 13.7. The molecule has 1 atom stereocenters. The first-order valence-corrected chi connectivity index (χ1v) is 6.68. The van der Waals surface area contributed by atoms with Crippen molar-refractivity contribution in [1.29, 1.82) is 0 Å². The summed E-state index contributed by atoms with van der Waals surface area (Å²) < 4.78 is 0.929. The minimum Gasteiger partial charge on any atom is -0.314 e. The fourth-order valence-corrected chi connectivity index (χ4v) is 2.62. The highest BCUT2D eigenvalue weighted by molar-refractivity contribution is 9.10. The topological polar surface area (TPSA) is 28.2 Å². The molecule has 2 rings (SSSR count). The van der Waals surface area contributed by atoms with Crippen LogP contribution in [0, 0.1) is 0 Å². The largest absolute Gasteiger partial charge is 0.314 e. The van der Waals surface area contributed by atoms with Crippen LogP contribution in [0.25, 0.3) is 0 Å². The SMILES string of the molecule is CC[C@H](c1cccc(Br)n1)N1CCNCC1.Cl.Cl. The Morgan fingerprint density at radius 2 is 2.00 bits per heavy atom. The number of rotatable bonds is 3. The Morgan fingerprint density at radius 3 is 2.56 bits per heavy atom. The molecule has 18 heavy (non-hydrogen) atoms. The normalized spacial score (nSPS) is 17.4. The number of hydrogen-bond donors (Lipinski definition) is 1. The van der Waals surface area contributed by atoms with Crippen LogP contribution < -0.4 is 5.32 Å². The maximum Gasteiger partial charge on any atom is 0.106 e. The van der Waals surface area contributed by atoms with Crippen LogP contribution in [-0.2, 0) is 0 Å². The minimum atomic E-state index is 0. The first-order chi connectivity index (χ1) is 7.81. The molecule has 1 aromatic heterocycles. The van der Waals surface area contributed by atoms with Crippen molar-refractivity contribution in [2.24, 2.45) is 0 Å². The minimum absolute atomic E-state index is 0. The van der Waals surface area contributed by atoms with Gasteiger partial charge in [-0.15, -0.1) is 24.8 Å². The maximum atomic E-state index is 4.57. The molecule has 0 unspecified atom stereocenters. The average molecular weight is 357 g/mol. The summed E-state index contributed by atoms with van der Waals surface area (Å²) in [7, 11) is 0. The Labute approximate surface area is 130 Å². The number of halogens is 3. The van der Waals surface area contributed by atoms with E-state index in [9.17, 15) is 0 Å². The van der Waals surface area contributed by atoms with Crippen molar-refractivity contribution >= 4 is 40.7 Å². The Bertz CT molecular complexity index is 346. The molecule has 1 fully saturated rings. The lowest BCUT2D eigenvalue weighted by Gasteiger charge is -2.34. The Kier molecular flexibility index (Phi) is 9.17. The predicted molar refractivity (Wildman–Crippen MR) is 83.9 cm³/mol. The number of pyridine rings is 1. The number of nitrogens with one attached hydrogen (secondary N) is 1. The van der Waals surface area contributed by atoms with E-state index in [1.54, 1.807) is 0 Å². The summed E-state index contributed by atoms with van der Waals surface area (Å²) in [6.07, 6.45) is 1.11. The summed E-state index contributed by atoms with van der Waals surface area (Å²) in [5, 5.41) is 3.39. The molecule has 2 heterocycles.